The molecule has 0 heterocycles. The molecule has 0 saturated heterocycles. The van der Waals surface area contributed by atoms with Crippen molar-refractivity contribution in [2.45, 2.75) is 291 Å². The number of esters is 4. The number of carbonyl (C=O) groups excluding carboxylic acids is 4. The van der Waals surface area contributed by atoms with E-state index in [0.29, 0.717) is 25.7 Å². The quantitative estimate of drug-likeness (QED) is 0.0222. The molecule has 0 radical (unpaired) electrons. The SMILES string of the molecule is CCCCCCCCCCCC(=O)OC[C@H](COP(=O)(O)OC[C@@H](O)COP(=O)(O)OC[C@@H](COC(=O)CCCCCCCCC)OC(=O)CCCCCCCCCCC)OC(=O)CCCCCCCCC(C)CC. The smallest absolute Gasteiger partial charge is 0.462 e. The van der Waals surface area contributed by atoms with Gasteiger partial charge in [0.25, 0.3) is 0 Å². The molecule has 6 atom stereocenters. The number of hydrogen-bond donors (Lipinski definition) is 3. The summed E-state index contributed by atoms with van der Waals surface area (Å²) in [6.45, 7) is 7.01. The first-order valence-corrected chi connectivity index (χ1v) is 32.7. The first-order chi connectivity index (χ1) is 36.1. The fraction of sp³-hybridized carbons (Fsp3) is 0.929. The standard InChI is InChI=1S/C56H108O17P2/c1-6-10-13-16-19-21-24-30-35-40-54(59)67-46-52(73-56(61)42-37-32-27-26-28-33-38-49(5)9-4)48-71-75(64,65)69-44-50(57)43-68-74(62,63)70-47-51(45-66-53(58)39-34-29-23-18-15-12-8-3)72-55(60)41-36-31-25-22-20-17-14-11-7-2/h49-52,57H,6-48H2,1-5H3,(H,62,63)(H,64,65)/t49?,50-,51+,52+/m0/s1. The van der Waals surface area contributed by atoms with E-state index in [1.807, 2.05) is 0 Å². The molecule has 444 valence electrons. The van der Waals surface area contributed by atoms with Crippen molar-refractivity contribution in [3.8, 4) is 0 Å². The van der Waals surface area contributed by atoms with E-state index in [4.69, 9.17) is 37.0 Å². The van der Waals surface area contributed by atoms with Gasteiger partial charge in [-0.3, -0.25) is 37.3 Å². The minimum absolute atomic E-state index is 0.103. The molecule has 0 aromatic carbocycles. The maximum absolute atomic E-state index is 12.9. The number of phosphoric acid groups is 2. The number of aliphatic hydroxyl groups excluding tert-OH is 1. The van der Waals surface area contributed by atoms with Crippen molar-refractivity contribution in [1.29, 1.82) is 0 Å². The number of hydrogen-bond acceptors (Lipinski definition) is 15. The van der Waals surface area contributed by atoms with Crippen LogP contribution in [0.15, 0.2) is 0 Å². The van der Waals surface area contributed by atoms with Gasteiger partial charge in [0.05, 0.1) is 26.4 Å². The summed E-state index contributed by atoms with van der Waals surface area (Å²) < 4.78 is 67.5. The summed E-state index contributed by atoms with van der Waals surface area (Å²) in [6, 6.07) is 0. The highest BCUT2D eigenvalue weighted by Gasteiger charge is 2.30. The first-order valence-electron chi connectivity index (χ1n) is 29.7. The van der Waals surface area contributed by atoms with Crippen molar-refractivity contribution in [1.82, 2.24) is 0 Å². The van der Waals surface area contributed by atoms with Crippen LogP contribution in [0.2, 0.25) is 0 Å². The fourth-order valence-corrected chi connectivity index (χ4v) is 9.71. The van der Waals surface area contributed by atoms with Crippen LogP contribution in [0.3, 0.4) is 0 Å². The Balaban J connectivity index is 5.22. The van der Waals surface area contributed by atoms with Crippen LogP contribution >= 0.6 is 15.6 Å². The van der Waals surface area contributed by atoms with Crippen LogP contribution in [0.1, 0.15) is 272 Å². The Hall–Kier alpha value is -1.94. The summed E-state index contributed by atoms with van der Waals surface area (Å²) in [5.41, 5.74) is 0. The second kappa shape index (κ2) is 50.3. The van der Waals surface area contributed by atoms with Gasteiger partial charge in [0.1, 0.15) is 19.3 Å². The summed E-state index contributed by atoms with van der Waals surface area (Å²) in [7, 11) is -9.86. The second-order valence-corrected chi connectivity index (χ2v) is 23.5. The lowest BCUT2D eigenvalue weighted by Gasteiger charge is -2.21. The third-order valence-electron chi connectivity index (χ3n) is 13.1. The monoisotopic (exact) mass is 1110 g/mol. The van der Waals surface area contributed by atoms with Gasteiger partial charge in [-0.25, -0.2) is 9.13 Å². The molecule has 0 amide bonds. The van der Waals surface area contributed by atoms with E-state index in [2.05, 4.69) is 34.6 Å². The second-order valence-electron chi connectivity index (χ2n) is 20.6. The summed E-state index contributed by atoms with van der Waals surface area (Å²) in [4.78, 5) is 71.6. The maximum Gasteiger partial charge on any atom is 0.472 e. The van der Waals surface area contributed by atoms with Gasteiger partial charge >= 0.3 is 39.5 Å². The van der Waals surface area contributed by atoms with Crippen molar-refractivity contribution in [3.63, 3.8) is 0 Å². The van der Waals surface area contributed by atoms with Gasteiger partial charge < -0.3 is 33.8 Å². The molecule has 0 bridgehead atoms. The van der Waals surface area contributed by atoms with E-state index >= 15 is 0 Å². The molecule has 0 fully saturated rings. The molecule has 17 nitrogen and oxygen atoms in total. The minimum Gasteiger partial charge on any atom is -0.462 e. The molecule has 0 aromatic rings. The maximum atomic E-state index is 12.9. The zero-order valence-electron chi connectivity index (χ0n) is 47.7. The summed E-state index contributed by atoms with van der Waals surface area (Å²) in [5.74, 6) is -1.43. The predicted molar refractivity (Wildman–Crippen MR) is 294 cm³/mol. The summed E-state index contributed by atoms with van der Waals surface area (Å²) in [5, 5.41) is 10.5. The van der Waals surface area contributed by atoms with Crippen LogP contribution in [-0.2, 0) is 65.4 Å². The molecule has 0 aliphatic rings. The number of carbonyl (C=O) groups is 4. The number of rotatable bonds is 56. The van der Waals surface area contributed by atoms with E-state index in [9.17, 15) is 43.2 Å². The average Bonchev–Trinajstić information content (AvgIpc) is 3.38. The third kappa shape index (κ3) is 50.1. The number of unbranched alkanes of at least 4 members (excludes halogenated alkanes) is 27. The van der Waals surface area contributed by atoms with Gasteiger partial charge in [-0.1, -0.05) is 221 Å². The van der Waals surface area contributed by atoms with E-state index in [-0.39, 0.29) is 25.7 Å². The minimum atomic E-state index is -4.93. The van der Waals surface area contributed by atoms with Gasteiger partial charge in [0.2, 0.25) is 0 Å². The Kier molecular flexibility index (Phi) is 49.0. The van der Waals surface area contributed by atoms with Crippen molar-refractivity contribution in [2.24, 2.45) is 5.92 Å². The highest BCUT2D eigenvalue weighted by atomic mass is 31.2. The Morgan fingerprint density at radius 1 is 0.373 bits per heavy atom. The lowest BCUT2D eigenvalue weighted by atomic mass is 10.00. The van der Waals surface area contributed by atoms with Crippen molar-refractivity contribution in [3.05, 3.63) is 0 Å². The van der Waals surface area contributed by atoms with E-state index < -0.39 is 97.5 Å². The van der Waals surface area contributed by atoms with Crippen LogP contribution in [-0.4, -0.2) is 96.7 Å². The number of phosphoric ester groups is 2. The van der Waals surface area contributed by atoms with Crippen molar-refractivity contribution < 1.29 is 80.2 Å². The molecular formula is C56H108O17P2. The topological polar surface area (TPSA) is 237 Å². The molecule has 75 heavy (non-hydrogen) atoms. The molecule has 19 heteroatoms. The van der Waals surface area contributed by atoms with Crippen LogP contribution in [0.4, 0.5) is 0 Å². The zero-order chi connectivity index (χ0) is 55.7. The number of aliphatic hydroxyl groups is 1. The highest BCUT2D eigenvalue weighted by Crippen LogP contribution is 2.45. The highest BCUT2D eigenvalue weighted by molar-refractivity contribution is 7.47. The molecule has 0 saturated carbocycles. The van der Waals surface area contributed by atoms with Gasteiger partial charge in [-0.2, -0.15) is 0 Å². The normalized spacial score (nSPS) is 14.8. The van der Waals surface area contributed by atoms with Gasteiger partial charge in [0.15, 0.2) is 12.2 Å². The Bertz CT molecular complexity index is 1490. The zero-order valence-corrected chi connectivity index (χ0v) is 49.5. The Morgan fingerprint density at radius 2 is 0.640 bits per heavy atom. The van der Waals surface area contributed by atoms with Gasteiger partial charge in [-0.15, -0.1) is 0 Å². The summed E-state index contributed by atoms with van der Waals surface area (Å²) in [6.07, 6.45) is 30.9. The lowest BCUT2D eigenvalue weighted by molar-refractivity contribution is -0.161. The molecule has 0 aliphatic heterocycles. The molecule has 0 spiro atoms. The van der Waals surface area contributed by atoms with E-state index in [1.165, 1.54) is 83.5 Å². The van der Waals surface area contributed by atoms with Gasteiger partial charge in [-0.05, 0) is 31.6 Å². The Morgan fingerprint density at radius 3 is 0.947 bits per heavy atom. The fourth-order valence-electron chi connectivity index (χ4n) is 8.14. The predicted octanol–water partition coefficient (Wildman–Crippen LogP) is 14.7. The van der Waals surface area contributed by atoms with Crippen LogP contribution in [0.25, 0.3) is 0 Å². The molecule has 3 unspecified atom stereocenters. The van der Waals surface area contributed by atoms with E-state index in [1.54, 1.807) is 0 Å². The molecule has 0 rings (SSSR count). The van der Waals surface area contributed by atoms with Crippen LogP contribution in [0, 0.1) is 5.92 Å². The van der Waals surface area contributed by atoms with Crippen LogP contribution in [0.5, 0.6) is 0 Å². The first kappa shape index (κ1) is 73.1. The molecule has 0 aliphatic carbocycles. The van der Waals surface area contributed by atoms with E-state index in [0.717, 1.165) is 109 Å². The third-order valence-corrected chi connectivity index (χ3v) is 15.0. The van der Waals surface area contributed by atoms with Crippen LogP contribution < -0.4 is 0 Å². The average molecular weight is 1120 g/mol. The number of ether oxygens (including phenoxy) is 4. The molecule has 3 N–H and O–H groups in total. The summed E-state index contributed by atoms with van der Waals surface area (Å²) >= 11 is 0. The molecule has 0 aromatic heterocycles. The largest absolute Gasteiger partial charge is 0.472 e. The molecular weight excluding hydrogens is 1010 g/mol. The lowest BCUT2D eigenvalue weighted by Crippen LogP contribution is -2.30. The van der Waals surface area contributed by atoms with Crippen molar-refractivity contribution >= 4 is 39.5 Å². The Labute approximate surface area is 454 Å². The van der Waals surface area contributed by atoms with Crippen molar-refractivity contribution in [2.75, 3.05) is 39.6 Å². The van der Waals surface area contributed by atoms with Gasteiger partial charge in [0, 0.05) is 25.7 Å².